The van der Waals surface area contributed by atoms with Gasteiger partial charge >= 0.3 is 5.97 Å². The van der Waals surface area contributed by atoms with E-state index in [0.29, 0.717) is 32.0 Å². The van der Waals surface area contributed by atoms with Crippen molar-refractivity contribution in [2.45, 2.75) is 26.8 Å². The molecule has 0 spiro atoms. The van der Waals surface area contributed by atoms with Crippen LogP contribution in [-0.2, 0) is 16.1 Å². The summed E-state index contributed by atoms with van der Waals surface area (Å²) in [4.78, 5) is 11.3. The Balaban J connectivity index is 2.12. The van der Waals surface area contributed by atoms with Gasteiger partial charge in [-0.05, 0) is 17.5 Å². The van der Waals surface area contributed by atoms with E-state index in [9.17, 15) is 4.79 Å². The molecule has 0 aliphatic heterocycles. The molecule has 18 heavy (non-hydrogen) atoms. The van der Waals surface area contributed by atoms with Crippen molar-refractivity contribution in [3.8, 4) is 0 Å². The third-order valence-corrected chi connectivity index (χ3v) is 2.76. The van der Waals surface area contributed by atoms with Crippen molar-refractivity contribution < 1.29 is 9.53 Å². The van der Waals surface area contributed by atoms with Crippen LogP contribution in [0.3, 0.4) is 0 Å². The van der Waals surface area contributed by atoms with E-state index in [0.717, 1.165) is 10.6 Å². The monoisotopic (exact) mass is 269 g/mol. The highest BCUT2D eigenvalue weighted by atomic mass is 35.5. The lowest BCUT2D eigenvalue weighted by atomic mass is 10.1. The molecule has 0 radical (unpaired) electrons. The van der Waals surface area contributed by atoms with Gasteiger partial charge in [0, 0.05) is 24.5 Å². The summed E-state index contributed by atoms with van der Waals surface area (Å²) in [7, 11) is 0. The first-order chi connectivity index (χ1) is 8.59. The topological polar surface area (TPSA) is 38.3 Å². The minimum absolute atomic E-state index is 0.135. The molecule has 0 saturated heterocycles. The highest BCUT2D eigenvalue weighted by molar-refractivity contribution is 6.31. The van der Waals surface area contributed by atoms with Gasteiger partial charge in [-0.3, -0.25) is 4.79 Å². The molecule has 0 aliphatic carbocycles. The summed E-state index contributed by atoms with van der Waals surface area (Å²) >= 11 is 6.02. The van der Waals surface area contributed by atoms with Gasteiger partial charge in [-0.2, -0.15) is 0 Å². The highest BCUT2D eigenvalue weighted by Gasteiger charge is 2.05. The van der Waals surface area contributed by atoms with Gasteiger partial charge in [0.15, 0.2) is 0 Å². The number of carbonyl (C=O) groups excluding carboxylic acids is 1. The van der Waals surface area contributed by atoms with Crippen molar-refractivity contribution in [2.24, 2.45) is 5.92 Å². The molecule has 100 valence electrons. The van der Waals surface area contributed by atoms with Gasteiger partial charge in [0.25, 0.3) is 0 Å². The maximum absolute atomic E-state index is 11.3. The fourth-order valence-corrected chi connectivity index (χ4v) is 1.70. The molecule has 0 saturated carbocycles. The standard InChI is InChI=1S/C14H20ClNO2/c1-11(2)9-14(17)18-8-7-16-10-12-5-3-4-6-13(12)15/h3-6,11,16H,7-10H2,1-2H3. The second-order valence-electron chi connectivity index (χ2n) is 4.59. The van der Waals surface area contributed by atoms with Gasteiger partial charge in [0.1, 0.15) is 6.61 Å². The van der Waals surface area contributed by atoms with Crippen molar-refractivity contribution in [1.82, 2.24) is 5.32 Å². The summed E-state index contributed by atoms with van der Waals surface area (Å²) in [5, 5.41) is 3.94. The van der Waals surface area contributed by atoms with Crippen LogP contribution in [0.5, 0.6) is 0 Å². The molecular weight excluding hydrogens is 250 g/mol. The van der Waals surface area contributed by atoms with E-state index in [-0.39, 0.29) is 5.97 Å². The van der Waals surface area contributed by atoms with E-state index < -0.39 is 0 Å². The maximum Gasteiger partial charge on any atom is 0.306 e. The lowest BCUT2D eigenvalue weighted by Crippen LogP contribution is -2.21. The third-order valence-electron chi connectivity index (χ3n) is 2.39. The minimum atomic E-state index is -0.135. The Kier molecular flexibility index (Phi) is 6.76. The zero-order chi connectivity index (χ0) is 13.4. The summed E-state index contributed by atoms with van der Waals surface area (Å²) in [5.41, 5.74) is 1.05. The van der Waals surface area contributed by atoms with Crippen LogP contribution in [0.1, 0.15) is 25.8 Å². The number of hydrogen-bond acceptors (Lipinski definition) is 3. The summed E-state index contributed by atoms with van der Waals surface area (Å²) in [5.74, 6) is 0.207. The molecule has 4 heteroatoms. The molecule has 0 heterocycles. The first-order valence-corrected chi connectivity index (χ1v) is 6.57. The summed E-state index contributed by atoms with van der Waals surface area (Å²) in [6, 6.07) is 7.69. The fraction of sp³-hybridized carbons (Fsp3) is 0.500. The molecule has 3 nitrogen and oxygen atoms in total. The number of ether oxygens (including phenoxy) is 1. The number of rotatable bonds is 7. The molecule has 0 aliphatic rings. The molecule has 0 atom stereocenters. The van der Waals surface area contributed by atoms with Crippen LogP contribution in [0, 0.1) is 5.92 Å². The van der Waals surface area contributed by atoms with E-state index in [1.807, 2.05) is 38.1 Å². The molecule has 1 rings (SSSR count). The summed E-state index contributed by atoms with van der Waals surface area (Å²) in [6.45, 7) is 5.71. The molecular formula is C14H20ClNO2. The van der Waals surface area contributed by atoms with E-state index in [1.54, 1.807) is 0 Å². The van der Waals surface area contributed by atoms with Crippen LogP contribution in [-0.4, -0.2) is 19.1 Å². The van der Waals surface area contributed by atoms with Crippen molar-refractivity contribution in [3.05, 3.63) is 34.9 Å². The average molecular weight is 270 g/mol. The van der Waals surface area contributed by atoms with Crippen molar-refractivity contribution in [1.29, 1.82) is 0 Å². The number of nitrogens with one attached hydrogen (secondary N) is 1. The van der Waals surface area contributed by atoms with E-state index in [2.05, 4.69) is 5.32 Å². The molecule has 0 aromatic heterocycles. The lowest BCUT2D eigenvalue weighted by molar-refractivity contribution is -0.144. The Bertz CT molecular complexity index is 380. The number of halogens is 1. The highest BCUT2D eigenvalue weighted by Crippen LogP contribution is 2.13. The number of esters is 1. The van der Waals surface area contributed by atoms with Crippen LogP contribution in [0.25, 0.3) is 0 Å². The van der Waals surface area contributed by atoms with E-state index in [4.69, 9.17) is 16.3 Å². The molecule has 1 aromatic rings. The summed E-state index contributed by atoms with van der Waals surface area (Å²) in [6.07, 6.45) is 0.477. The van der Waals surface area contributed by atoms with Gasteiger partial charge in [-0.15, -0.1) is 0 Å². The molecule has 0 unspecified atom stereocenters. The van der Waals surface area contributed by atoms with E-state index >= 15 is 0 Å². The third kappa shape index (κ3) is 6.03. The van der Waals surface area contributed by atoms with Crippen LogP contribution in [0.4, 0.5) is 0 Å². The Hall–Kier alpha value is -1.06. The number of benzene rings is 1. The van der Waals surface area contributed by atoms with Crippen LogP contribution in [0.15, 0.2) is 24.3 Å². The molecule has 0 fully saturated rings. The number of hydrogen-bond donors (Lipinski definition) is 1. The van der Waals surface area contributed by atoms with Gasteiger partial charge in [-0.25, -0.2) is 0 Å². The Morgan fingerprint density at radius 3 is 2.78 bits per heavy atom. The number of carbonyl (C=O) groups is 1. The van der Waals surface area contributed by atoms with E-state index in [1.165, 1.54) is 0 Å². The Morgan fingerprint density at radius 2 is 2.11 bits per heavy atom. The van der Waals surface area contributed by atoms with Crippen molar-refractivity contribution in [3.63, 3.8) is 0 Å². The second-order valence-corrected chi connectivity index (χ2v) is 4.99. The van der Waals surface area contributed by atoms with Crippen molar-refractivity contribution in [2.75, 3.05) is 13.2 Å². The molecule has 0 bridgehead atoms. The van der Waals surface area contributed by atoms with Crippen LogP contribution >= 0.6 is 11.6 Å². The SMILES string of the molecule is CC(C)CC(=O)OCCNCc1ccccc1Cl. The maximum atomic E-state index is 11.3. The zero-order valence-corrected chi connectivity index (χ0v) is 11.7. The second kappa shape index (κ2) is 8.11. The Morgan fingerprint density at radius 1 is 1.39 bits per heavy atom. The first-order valence-electron chi connectivity index (χ1n) is 6.19. The largest absolute Gasteiger partial charge is 0.464 e. The first kappa shape index (κ1) is 15.0. The Labute approximate surface area is 113 Å². The zero-order valence-electron chi connectivity index (χ0n) is 10.9. The quantitative estimate of drug-likeness (QED) is 0.611. The average Bonchev–Trinajstić information content (AvgIpc) is 2.30. The van der Waals surface area contributed by atoms with Gasteiger partial charge in [0.05, 0.1) is 0 Å². The normalized spacial score (nSPS) is 10.7. The lowest BCUT2D eigenvalue weighted by Gasteiger charge is -2.08. The smallest absolute Gasteiger partial charge is 0.306 e. The van der Waals surface area contributed by atoms with Crippen LogP contribution in [0.2, 0.25) is 5.02 Å². The molecule has 1 N–H and O–H groups in total. The molecule has 0 amide bonds. The van der Waals surface area contributed by atoms with Crippen molar-refractivity contribution >= 4 is 17.6 Å². The van der Waals surface area contributed by atoms with Gasteiger partial charge < -0.3 is 10.1 Å². The van der Waals surface area contributed by atoms with Gasteiger partial charge in [-0.1, -0.05) is 43.6 Å². The predicted octanol–water partition coefficient (Wildman–Crippen LogP) is 3.02. The fourth-order valence-electron chi connectivity index (χ4n) is 1.49. The minimum Gasteiger partial charge on any atom is -0.464 e. The van der Waals surface area contributed by atoms with Crippen LogP contribution < -0.4 is 5.32 Å². The summed E-state index contributed by atoms with van der Waals surface area (Å²) < 4.78 is 5.09. The van der Waals surface area contributed by atoms with Gasteiger partial charge in [0.2, 0.25) is 0 Å². The predicted molar refractivity (Wildman–Crippen MR) is 73.6 cm³/mol. The molecule has 1 aromatic carbocycles.